The van der Waals surface area contributed by atoms with Gasteiger partial charge < -0.3 is 0 Å². The molecule has 1 aliphatic carbocycles. The zero-order chi connectivity index (χ0) is 14.0. The lowest BCUT2D eigenvalue weighted by Gasteiger charge is -2.36. The van der Waals surface area contributed by atoms with Crippen molar-refractivity contribution in [1.29, 1.82) is 0 Å². The number of aryl methyl sites for hydroxylation is 1. The van der Waals surface area contributed by atoms with Crippen molar-refractivity contribution in [2.75, 3.05) is 0 Å². The molecule has 4 nitrogen and oxygen atoms in total. The van der Waals surface area contributed by atoms with E-state index in [0.717, 1.165) is 31.6 Å². The summed E-state index contributed by atoms with van der Waals surface area (Å²) in [5, 5.41) is 7.81. The number of carbonyl (C=O) groups excluding carboxylic acids is 1. The van der Waals surface area contributed by atoms with Crippen LogP contribution in [0.1, 0.15) is 63.9 Å². The molecule has 1 heterocycles. The third-order valence-electron chi connectivity index (χ3n) is 4.49. The van der Waals surface area contributed by atoms with E-state index < -0.39 is 0 Å². The molecule has 0 N–H and O–H groups in total. The third kappa shape index (κ3) is 3.04. The maximum absolute atomic E-state index is 12.5. The maximum Gasteiger partial charge on any atom is 0.185 e. The SMILES string of the molecule is CCn1nncc1C(=O)C1CCC(C(C)(C)C)CC1. The van der Waals surface area contributed by atoms with Crippen molar-refractivity contribution >= 4 is 5.78 Å². The van der Waals surface area contributed by atoms with Gasteiger partial charge in [-0.25, -0.2) is 4.68 Å². The fourth-order valence-corrected chi connectivity index (χ4v) is 3.11. The minimum absolute atomic E-state index is 0.169. The minimum atomic E-state index is 0.169. The molecular formula is C15H25N3O. The zero-order valence-electron chi connectivity index (χ0n) is 12.5. The molecule has 0 unspecified atom stereocenters. The van der Waals surface area contributed by atoms with Gasteiger partial charge in [0.15, 0.2) is 5.78 Å². The van der Waals surface area contributed by atoms with Gasteiger partial charge in [-0.3, -0.25) is 4.79 Å². The molecule has 1 fully saturated rings. The number of carbonyl (C=O) groups is 1. The largest absolute Gasteiger partial charge is 0.292 e. The smallest absolute Gasteiger partial charge is 0.185 e. The fraction of sp³-hybridized carbons (Fsp3) is 0.800. The molecule has 1 aromatic rings. The van der Waals surface area contributed by atoms with Gasteiger partial charge in [0, 0.05) is 12.5 Å². The molecular weight excluding hydrogens is 238 g/mol. The number of aromatic nitrogens is 3. The molecule has 0 atom stereocenters. The normalized spacial score (nSPS) is 24.4. The molecule has 0 radical (unpaired) electrons. The summed E-state index contributed by atoms with van der Waals surface area (Å²) in [4.78, 5) is 12.5. The maximum atomic E-state index is 12.5. The molecule has 0 aromatic carbocycles. The number of hydrogen-bond donors (Lipinski definition) is 0. The van der Waals surface area contributed by atoms with Crippen LogP contribution in [0.2, 0.25) is 0 Å². The zero-order valence-corrected chi connectivity index (χ0v) is 12.5. The van der Waals surface area contributed by atoms with Gasteiger partial charge >= 0.3 is 0 Å². The predicted molar refractivity (Wildman–Crippen MR) is 74.9 cm³/mol. The van der Waals surface area contributed by atoms with Crippen LogP contribution in [0.25, 0.3) is 0 Å². The number of hydrogen-bond acceptors (Lipinski definition) is 3. The van der Waals surface area contributed by atoms with Gasteiger partial charge in [-0.1, -0.05) is 26.0 Å². The highest BCUT2D eigenvalue weighted by Gasteiger charge is 2.33. The topological polar surface area (TPSA) is 47.8 Å². The van der Waals surface area contributed by atoms with Gasteiger partial charge in [-0.05, 0) is 43.9 Å². The Bertz CT molecular complexity index is 436. The number of nitrogens with zero attached hydrogens (tertiary/aromatic N) is 3. The summed E-state index contributed by atoms with van der Waals surface area (Å²) in [6.07, 6.45) is 5.95. The summed E-state index contributed by atoms with van der Waals surface area (Å²) >= 11 is 0. The average molecular weight is 263 g/mol. The summed E-state index contributed by atoms with van der Waals surface area (Å²) in [6, 6.07) is 0. The van der Waals surface area contributed by atoms with E-state index in [9.17, 15) is 4.79 Å². The lowest BCUT2D eigenvalue weighted by atomic mass is 9.69. The van der Waals surface area contributed by atoms with Gasteiger partial charge in [-0.2, -0.15) is 0 Å². The molecule has 0 amide bonds. The second-order valence-corrected chi connectivity index (χ2v) is 6.71. The van der Waals surface area contributed by atoms with Crippen molar-refractivity contribution in [3.63, 3.8) is 0 Å². The van der Waals surface area contributed by atoms with Crippen molar-refractivity contribution in [1.82, 2.24) is 15.0 Å². The van der Waals surface area contributed by atoms with Crippen molar-refractivity contribution in [2.45, 2.75) is 59.9 Å². The van der Waals surface area contributed by atoms with Crippen LogP contribution in [0.15, 0.2) is 6.20 Å². The highest BCUT2D eigenvalue weighted by molar-refractivity contribution is 5.96. The Balaban J connectivity index is 2.00. The highest BCUT2D eigenvalue weighted by Crippen LogP contribution is 2.40. The van der Waals surface area contributed by atoms with Crippen molar-refractivity contribution in [3.05, 3.63) is 11.9 Å². The van der Waals surface area contributed by atoms with Crippen LogP contribution in [-0.2, 0) is 6.54 Å². The van der Waals surface area contributed by atoms with E-state index in [0.29, 0.717) is 17.7 Å². The number of ketones is 1. The van der Waals surface area contributed by atoms with E-state index in [1.807, 2.05) is 6.92 Å². The lowest BCUT2D eigenvalue weighted by molar-refractivity contribution is 0.0808. The Morgan fingerprint density at radius 1 is 1.32 bits per heavy atom. The van der Waals surface area contributed by atoms with E-state index >= 15 is 0 Å². The van der Waals surface area contributed by atoms with Gasteiger partial charge in [0.2, 0.25) is 0 Å². The summed E-state index contributed by atoms with van der Waals surface area (Å²) in [7, 11) is 0. The Hall–Kier alpha value is -1.19. The summed E-state index contributed by atoms with van der Waals surface area (Å²) in [5.74, 6) is 1.15. The van der Waals surface area contributed by atoms with E-state index in [-0.39, 0.29) is 11.7 Å². The molecule has 106 valence electrons. The standard InChI is InChI=1S/C15H25N3O/c1-5-18-13(10-16-17-18)14(19)11-6-8-12(9-7-11)15(2,3)4/h10-12H,5-9H2,1-4H3. The Morgan fingerprint density at radius 3 is 2.47 bits per heavy atom. The monoisotopic (exact) mass is 263 g/mol. The van der Waals surface area contributed by atoms with Crippen LogP contribution in [0.3, 0.4) is 0 Å². The van der Waals surface area contributed by atoms with Crippen LogP contribution < -0.4 is 0 Å². The molecule has 1 saturated carbocycles. The quantitative estimate of drug-likeness (QED) is 0.786. The first kappa shape index (κ1) is 14.2. The van der Waals surface area contributed by atoms with Gasteiger partial charge in [0.1, 0.15) is 5.69 Å². The third-order valence-corrected chi connectivity index (χ3v) is 4.49. The molecule has 19 heavy (non-hydrogen) atoms. The van der Waals surface area contributed by atoms with Crippen LogP contribution in [0, 0.1) is 17.3 Å². The van der Waals surface area contributed by atoms with Crippen LogP contribution in [-0.4, -0.2) is 20.8 Å². The Kier molecular flexibility index (Phi) is 4.07. The van der Waals surface area contributed by atoms with Crippen LogP contribution in [0.5, 0.6) is 0 Å². The summed E-state index contributed by atoms with van der Waals surface area (Å²) < 4.78 is 1.71. The first-order valence-corrected chi connectivity index (χ1v) is 7.36. The molecule has 1 aromatic heterocycles. The molecule has 0 saturated heterocycles. The predicted octanol–water partition coefficient (Wildman–Crippen LogP) is 3.33. The van der Waals surface area contributed by atoms with Crippen LogP contribution in [0.4, 0.5) is 0 Å². The summed E-state index contributed by atoms with van der Waals surface area (Å²) in [5.41, 5.74) is 1.04. The molecule has 2 rings (SSSR count). The van der Waals surface area contributed by atoms with Crippen molar-refractivity contribution < 1.29 is 4.79 Å². The van der Waals surface area contributed by atoms with Crippen molar-refractivity contribution in [2.24, 2.45) is 17.3 Å². The first-order valence-electron chi connectivity index (χ1n) is 7.36. The van der Waals surface area contributed by atoms with E-state index in [4.69, 9.17) is 0 Å². The average Bonchev–Trinajstić information content (AvgIpc) is 2.85. The molecule has 0 spiro atoms. The molecule has 4 heteroatoms. The molecule has 0 bridgehead atoms. The van der Waals surface area contributed by atoms with E-state index in [2.05, 4.69) is 31.1 Å². The van der Waals surface area contributed by atoms with Gasteiger partial charge in [0.25, 0.3) is 0 Å². The van der Waals surface area contributed by atoms with Gasteiger partial charge in [-0.15, -0.1) is 5.10 Å². The van der Waals surface area contributed by atoms with E-state index in [1.165, 1.54) is 0 Å². The molecule has 0 aliphatic heterocycles. The minimum Gasteiger partial charge on any atom is -0.292 e. The van der Waals surface area contributed by atoms with Crippen molar-refractivity contribution in [3.8, 4) is 0 Å². The number of Topliss-reactive ketones (excluding diaryl/α,β-unsaturated/α-hetero) is 1. The Morgan fingerprint density at radius 2 is 1.95 bits per heavy atom. The van der Waals surface area contributed by atoms with Gasteiger partial charge in [0.05, 0.1) is 6.20 Å². The summed E-state index contributed by atoms with van der Waals surface area (Å²) in [6.45, 7) is 9.60. The number of rotatable bonds is 3. The second kappa shape index (κ2) is 5.43. The fourth-order valence-electron chi connectivity index (χ4n) is 3.11. The lowest BCUT2D eigenvalue weighted by Crippen LogP contribution is -2.29. The highest BCUT2D eigenvalue weighted by atomic mass is 16.1. The Labute approximate surface area is 115 Å². The molecule has 1 aliphatic rings. The van der Waals surface area contributed by atoms with Crippen LogP contribution >= 0.6 is 0 Å². The second-order valence-electron chi connectivity index (χ2n) is 6.71. The van der Waals surface area contributed by atoms with E-state index in [1.54, 1.807) is 10.9 Å². The first-order chi connectivity index (χ1) is 8.93.